The molecule has 0 amide bonds. The second kappa shape index (κ2) is 7.28. The van der Waals surface area contributed by atoms with Crippen molar-refractivity contribution >= 4 is 0 Å². The summed E-state index contributed by atoms with van der Waals surface area (Å²) in [4.78, 5) is 0. The highest BCUT2D eigenvalue weighted by Crippen LogP contribution is 2.27. The second-order valence-corrected chi connectivity index (χ2v) is 5.82. The minimum absolute atomic E-state index is 0.182. The zero-order valence-electron chi connectivity index (χ0n) is 13.2. The third kappa shape index (κ3) is 4.33. The van der Waals surface area contributed by atoms with Crippen LogP contribution < -0.4 is 10.5 Å². The molecular weight excluding hydrogens is 258 g/mol. The average molecular weight is 283 g/mol. The zero-order valence-corrected chi connectivity index (χ0v) is 13.2. The Morgan fingerprint density at radius 1 is 1.00 bits per heavy atom. The third-order valence-corrected chi connectivity index (χ3v) is 3.63. The van der Waals surface area contributed by atoms with E-state index in [2.05, 4.69) is 57.2 Å². The summed E-state index contributed by atoms with van der Waals surface area (Å²) < 4.78 is 5.90. The minimum atomic E-state index is 0.182. The standard InChI is InChI=1S/C19H25NO/c1-14(2)21-19-7-5-4-6-17(19)12-18(13-20)16-10-8-15(3)9-11-16/h4-11,14,18H,12-13,20H2,1-3H3. The molecule has 0 aliphatic heterocycles. The first kappa shape index (κ1) is 15.6. The average Bonchev–Trinajstić information content (AvgIpc) is 2.47. The lowest BCUT2D eigenvalue weighted by molar-refractivity contribution is 0.239. The van der Waals surface area contributed by atoms with Crippen molar-refractivity contribution in [3.8, 4) is 5.75 Å². The zero-order chi connectivity index (χ0) is 15.2. The van der Waals surface area contributed by atoms with Gasteiger partial charge in [-0.2, -0.15) is 0 Å². The Hall–Kier alpha value is -1.80. The van der Waals surface area contributed by atoms with Gasteiger partial charge in [-0.15, -0.1) is 0 Å². The fraction of sp³-hybridized carbons (Fsp3) is 0.368. The summed E-state index contributed by atoms with van der Waals surface area (Å²) in [7, 11) is 0. The van der Waals surface area contributed by atoms with Crippen molar-refractivity contribution < 1.29 is 4.74 Å². The molecule has 1 atom stereocenters. The number of hydrogen-bond donors (Lipinski definition) is 1. The van der Waals surface area contributed by atoms with Gasteiger partial charge in [0.25, 0.3) is 0 Å². The van der Waals surface area contributed by atoms with Crippen molar-refractivity contribution in [3.05, 3.63) is 65.2 Å². The summed E-state index contributed by atoms with van der Waals surface area (Å²) in [5.41, 5.74) is 9.80. The summed E-state index contributed by atoms with van der Waals surface area (Å²) in [6.45, 7) is 6.85. The highest BCUT2D eigenvalue weighted by Gasteiger charge is 2.14. The maximum Gasteiger partial charge on any atom is 0.122 e. The van der Waals surface area contributed by atoms with Crippen LogP contribution in [0.25, 0.3) is 0 Å². The fourth-order valence-electron chi connectivity index (χ4n) is 2.48. The molecule has 2 nitrogen and oxygen atoms in total. The van der Waals surface area contributed by atoms with Crippen LogP contribution in [0.4, 0.5) is 0 Å². The number of benzene rings is 2. The van der Waals surface area contributed by atoms with E-state index < -0.39 is 0 Å². The number of para-hydroxylation sites is 1. The lowest BCUT2D eigenvalue weighted by Crippen LogP contribution is -2.16. The van der Waals surface area contributed by atoms with E-state index in [1.54, 1.807) is 0 Å². The van der Waals surface area contributed by atoms with Crippen LogP contribution in [0.5, 0.6) is 5.75 Å². The molecule has 2 N–H and O–H groups in total. The molecule has 2 heteroatoms. The Bertz CT molecular complexity index is 560. The quantitative estimate of drug-likeness (QED) is 0.867. The van der Waals surface area contributed by atoms with E-state index in [0.717, 1.165) is 12.2 Å². The maximum atomic E-state index is 6.00. The van der Waals surface area contributed by atoms with Gasteiger partial charge in [-0.05, 0) is 50.9 Å². The summed E-state index contributed by atoms with van der Waals surface area (Å²) >= 11 is 0. The summed E-state index contributed by atoms with van der Waals surface area (Å²) in [5, 5.41) is 0. The highest BCUT2D eigenvalue weighted by atomic mass is 16.5. The van der Waals surface area contributed by atoms with Gasteiger partial charge in [0.1, 0.15) is 5.75 Å². The van der Waals surface area contributed by atoms with E-state index in [-0.39, 0.29) is 6.10 Å². The van der Waals surface area contributed by atoms with Crippen molar-refractivity contribution in [2.75, 3.05) is 6.54 Å². The van der Waals surface area contributed by atoms with Gasteiger partial charge in [0.2, 0.25) is 0 Å². The molecule has 0 bridgehead atoms. The van der Waals surface area contributed by atoms with Crippen LogP contribution in [0.3, 0.4) is 0 Å². The van der Waals surface area contributed by atoms with Gasteiger partial charge in [0.15, 0.2) is 0 Å². The molecule has 0 saturated heterocycles. The molecule has 0 aliphatic rings. The van der Waals surface area contributed by atoms with Gasteiger partial charge < -0.3 is 10.5 Å². The van der Waals surface area contributed by atoms with E-state index in [0.29, 0.717) is 12.5 Å². The Morgan fingerprint density at radius 3 is 2.29 bits per heavy atom. The molecule has 21 heavy (non-hydrogen) atoms. The number of nitrogens with two attached hydrogens (primary N) is 1. The lowest BCUT2D eigenvalue weighted by atomic mass is 9.91. The van der Waals surface area contributed by atoms with Gasteiger partial charge in [0, 0.05) is 5.92 Å². The number of hydrogen-bond acceptors (Lipinski definition) is 2. The van der Waals surface area contributed by atoms with Crippen LogP contribution in [-0.2, 0) is 6.42 Å². The van der Waals surface area contributed by atoms with Crippen molar-refractivity contribution in [2.45, 2.75) is 39.2 Å². The first-order chi connectivity index (χ1) is 10.1. The summed E-state index contributed by atoms with van der Waals surface area (Å²) in [5.74, 6) is 1.29. The van der Waals surface area contributed by atoms with Crippen LogP contribution >= 0.6 is 0 Å². The second-order valence-electron chi connectivity index (χ2n) is 5.82. The maximum absolute atomic E-state index is 6.00. The topological polar surface area (TPSA) is 35.2 Å². The predicted molar refractivity (Wildman–Crippen MR) is 88.9 cm³/mol. The molecule has 0 aromatic heterocycles. The van der Waals surface area contributed by atoms with Crippen molar-refractivity contribution in [1.29, 1.82) is 0 Å². The van der Waals surface area contributed by atoms with Gasteiger partial charge in [-0.3, -0.25) is 0 Å². The number of ether oxygens (including phenoxy) is 1. The van der Waals surface area contributed by atoms with Gasteiger partial charge in [0.05, 0.1) is 6.10 Å². The van der Waals surface area contributed by atoms with Gasteiger partial charge in [-0.1, -0.05) is 48.0 Å². The van der Waals surface area contributed by atoms with E-state index in [1.807, 2.05) is 12.1 Å². The number of aryl methyl sites for hydroxylation is 1. The van der Waals surface area contributed by atoms with E-state index in [4.69, 9.17) is 10.5 Å². The molecule has 2 aromatic rings. The normalized spacial score (nSPS) is 12.4. The van der Waals surface area contributed by atoms with Gasteiger partial charge >= 0.3 is 0 Å². The van der Waals surface area contributed by atoms with Crippen molar-refractivity contribution in [1.82, 2.24) is 0 Å². The van der Waals surface area contributed by atoms with E-state index in [1.165, 1.54) is 16.7 Å². The monoisotopic (exact) mass is 283 g/mol. The van der Waals surface area contributed by atoms with Crippen LogP contribution in [0.2, 0.25) is 0 Å². The SMILES string of the molecule is Cc1ccc(C(CN)Cc2ccccc2OC(C)C)cc1. The first-order valence-electron chi connectivity index (χ1n) is 7.61. The molecule has 0 radical (unpaired) electrons. The van der Waals surface area contributed by atoms with E-state index >= 15 is 0 Å². The van der Waals surface area contributed by atoms with Crippen LogP contribution in [0, 0.1) is 6.92 Å². The Labute approximate surface area is 127 Å². The molecule has 1 unspecified atom stereocenters. The molecule has 112 valence electrons. The van der Waals surface area contributed by atoms with Gasteiger partial charge in [-0.25, -0.2) is 0 Å². The lowest BCUT2D eigenvalue weighted by Gasteiger charge is -2.19. The largest absolute Gasteiger partial charge is 0.491 e. The van der Waals surface area contributed by atoms with Crippen LogP contribution in [-0.4, -0.2) is 12.6 Å². The predicted octanol–water partition coefficient (Wildman–Crippen LogP) is 4.07. The summed E-state index contributed by atoms with van der Waals surface area (Å²) in [6, 6.07) is 16.9. The van der Waals surface area contributed by atoms with Crippen LogP contribution in [0.1, 0.15) is 36.5 Å². The molecular formula is C19H25NO. The number of rotatable bonds is 6. The third-order valence-electron chi connectivity index (χ3n) is 3.63. The van der Waals surface area contributed by atoms with Crippen molar-refractivity contribution in [2.24, 2.45) is 5.73 Å². The molecule has 0 spiro atoms. The highest BCUT2D eigenvalue weighted by molar-refractivity contribution is 5.36. The molecule has 0 fully saturated rings. The fourth-order valence-corrected chi connectivity index (χ4v) is 2.48. The Balaban J connectivity index is 2.20. The smallest absolute Gasteiger partial charge is 0.122 e. The molecule has 0 heterocycles. The van der Waals surface area contributed by atoms with Crippen molar-refractivity contribution in [3.63, 3.8) is 0 Å². The summed E-state index contributed by atoms with van der Waals surface area (Å²) in [6.07, 6.45) is 1.09. The minimum Gasteiger partial charge on any atom is -0.491 e. The molecule has 0 aliphatic carbocycles. The molecule has 0 saturated carbocycles. The first-order valence-corrected chi connectivity index (χ1v) is 7.61. The van der Waals surface area contributed by atoms with E-state index in [9.17, 15) is 0 Å². The Kier molecular flexibility index (Phi) is 5.40. The Morgan fingerprint density at radius 2 is 1.67 bits per heavy atom. The molecule has 2 rings (SSSR count). The molecule has 2 aromatic carbocycles. The van der Waals surface area contributed by atoms with Crippen LogP contribution in [0.15, 0.2) is 48.5 Å².